The number of ether oxygens (including phenoxy) is 1. The number of nitrogens with one attached hydrogen (secondary N) is 2. The number of rotatable bonds is 5. The van der Waals surface area contributed by atoms with Gasteiger partial charge in [-0.05, 0) is 55.0 Å². The molecular weight excluding hydrogens is 312 g/mol. The van der Waals surface area contributed by atoms with Crippen molar-refractivity contribution in [1.29, 1.82) is 0 Å². The fourth-order valence-corrected chi connectivity index (χ4v) is 3.72. The second-order valence-corrected chi connectivity index (χ2v) is 6.68. The predicted molar refractivity (Wildman–Crippen MR) is 100 cm³/mol. The van der Waals surface area contributed by atoms with E-state index in [0.29, 0.717) is 5.95 Å². The van der Waals surface area contributed by atoms with Crippen LogP contribution in [0.2, 0.25) is 0 Å². The van der Waals surface area contributed by atoms with Crippen LogP contribution in [0.4, 0.5) is 5.95 Å². The topological polar surface area (TPSA) is 62.8 Å². The minimum absolute atomic E-state index is 0.221. The second-order valence-electron chi connectivity index (χ2n) is 6.68. The molecule has 2 heterocycles. The molecule has 1 aliphatic rings. The molecule has 25 heavy (non-hydrogen) atoms. The van der Waals surface area contributed by atoms with Crippen molar-refractivity contribution in [2.75, 3.05) is 12.4 Å². The van der Waals surface area contributed by atoms with E-state index < -0.39 is 0 Å². The summed E-state index contributed by atoms with van der Waals surface area (Å²) in [5, 5.41) is 4.78. The molecule has 3 aromatic rings. The predicted octanol–water partition coefficient (Wildman–Crippen LogP) is 4.41. The Labute approximate surface area is 147 Å². The average molecular weight is 336 g/mol. The maximum atomic E-state index is 5.39. The highest BCUT2D eigenvalue weighted by Crippen LogP contribution is 2.37. The Morgan fingerprint density at radius 2 is 2.12 bits per heavy atom. The van der Waals surface area contributed by atoms with Crippen LogP contribution in [-0.4, -0.2) is 22.1 Å². The molecule has 0 spiro atoms. The molecule has 1 aromatic carbocycles. The molecule has 2 N–H and O–H groups in total. The molecule has 5 nitrogen and oxygen atoms in total. The van der Waals surface area contributed by atoms with Crippen molar-refractivity contribution in [3.8, 4) is 5.75 Å². The van der Waals surface area contributed by atoms with Gasteiger partial charge in [-0.1, -0.05) is 13.3 Å². The molecule has 1 aliphatic carbocycles. The van der Waals surface area contributed by atoms with Crippen LogP contribution in [0.5, 0.6) is 5.75 Å². The summed E-state index contributed by atoms with van der Waals surface area (Å²) in [5.74, 6) is 1.60. The third-order valence-corrected chi connectivity index (χ3v) is 4.96. The molecule has 0 saturated heterocycles. The van der Waals surface area contributed by atoms with E-state index in [9.17, 15) is 0 Å². The van der Waals surface area contributed by atoms with E-state index in [4.69, 9.17) is 4.74 Å². The molecule has 0 bridgehead atoms. The van der Waals surface area contributed by atoms with E-state index in [1.54, 1.807) is 7.11 Å². The maximum Gasteiger partial charge on any atom is 0.223 e. The van der Waals surface area contributed by atoms with Gasteiger partial charge in [0.2, 0.25) is 5.95 Å². The first-order valence-electron chi connectivity index (χ1n) is 9.04. The molecule has 0 amide bonds. The summed E-state index contributed by atoms with van der Waals surface area (Å²) >= 11 is 0. The van der Waals surface area contributed by atoms with Crippen molar-refractivity contribution >= 4 is 16.9 Å². The highest BCUT2D eigenvalue weighted by Gasteiger charge is 2.25. The van der Waals surface area contributed by atoms with Crippen LogP contribution >= 0.6 is 0 Å². The lowest BCUT2D eigenvalue weighted by Crippen LogP contribution is -2.18. The number of aryl methyl sites for hydroxylation is 2. The van der Waals surface area contributed by atoms with Crippen molar-refractivity contribution in [1.82, 2.24) is 15.0 Å². The van der Waals surface area contributed by atoms with Crippen LogP contribution in [-0.2, 0) is 12.8 Å². The van der Waals surface area contributed by atoms with Gasteiger partial charge in [-0.15, -0.1) is 0 Å². The Bertz CT molecular complexity index is 869. The zero-order valence-electron chi connectivity index (χ0n) is 14.8. The highest BCUT2D eigenvalue weighted by molar-refractivity contribution is 5.86. The van der Waals surface area contributed by atoms with Gasteiger partial charge >= 0.3 is 0 Å². The molecule has 4 rings (SSSR count). The molecule has 0 aliphatic heterocycles. The van der Waals surface area contributed by atoms with Gasteiger partial charge < -0.3 is 15.0 Å². The number of benzene rings is 1. The molecule has 130 valence electrons. The Balaban J connectivity index is 1.62. The third kappa shape index (κ3) is 3.06. The van der Waals surface area contributed by atoms with E-state index in [-0.39, 0.29) is 6.04 Å². The first-order valence-corrected chi connectivity index (χ1v) is 9.04. The first kappa shape index (κ1) is 15.9. The molecule has 1 atom stereocenters. The summed E-state index contributed by atoms with van der Waals surface area (Å²) in [6.07, 6.45) is 9.33. The summed E-state index contributed by atoms with van der Waals surface area (Å²) < 4.78 is 5.39. The normalized spacial score (nSPS) is 16.6. The van der Waals surface area contributed by atoms with E-state index in [1.165, 1.54) is 27.7 Å². The fourth-order valence-electron chi connectivity index (χ4n) is 3.72. The third-order valence-electron chi connectivity index (χ3n) is 4.96. The minimum Gasteiger partial charge on any atom is -0.497 e. The van der Waals surface area contributed by atoms with Crippen molar-refractivity contribution in [2.24, 2.45) is 0 Å². The van der Waals surface area contributed by atoms with Gasteiger partial charge in [0, 0.05) is 29.0 Å². The van der Waals surface area contributed by atoms with Crippen molar-refractivity contribution < 1.29 is 4.74 Å². The fraction of sp³-hybridized carbons (Fsp3) is 0.400. The van der Waals surface area contributed by atoms with E-state index in [1.807, 2.05) is 18.5 Å². The van der Waals surface area contributed by atoms with Crippen LogP contribution < -0.4 is 10.1 Å². The summed E-state index contributed by atoms with van der Waals surface area (Å²) in [7, 11) is 1.71. The number of anilines is 1. The summed E-state index contributed by atoms with van der Waals surface area (Å²) in [6.45, 7) is 2.17. The van der Waals surface area contributed by atoms with Crippen molar-refractivity contribution in [2.45, 2.75) is 45.1 Å². The Hall–Kier alpha value is -2.56. The van der Waals surface area contributed by atoms with Crippen molar-refractivity contribution in [3.63, 3.8) is 0 Å². The van der Waals surface area contributed by atoms with Gasteiger partial charge in [-0.25, -0.2) is 9.97 Å². The van der Waals surface area contributed by atoms with Crippen LogP contribution in [0.3, 0.4) is 0 Å². The smallest absolute Gasteiger partial charge is 0.223 e. The van der Waals surface area contributed by atoms with Gasteiger partial charge in [0.1, 0.15) is 5.75 Å². The van der Waals surface area contributed by atoms with Gasteiger partial charge in [0.15, 0.2) is 0 Å². The maximum absolute atomic E-state index is 5.39. The lowest BCUT2D eigenvalue weighted by Gasteiger charge is -2.23. The number of nitrogens with zero attached hydrogens (tertiary/aromatic N) is 2. The number of hydrogen-bond donors (Lipinski definition) is 2. The number of methoxy groups -OCH3 is 1. The van der Waals surface area contributed by atoms with E-state index in [2.05, 4.69) is 39.3 Å². The number of H-pyrrole nitrogens is 1. The highest BCUT2D eigenvalue weighted by atomic mass is 16.5. The van der Waals surface area contributed by atoms with E-state index in [0.717, 1.165) is 37.9 Å². The SMILES string of the molecule is CCCc1cnc(NC2CCCc3c2[nH]c2ccc(OC)cc32)nc1. The summed E-state index contributed by atoms with van der Waals surface area (Å²) in [5.41, 5.74) is 5.00. The first-order chi connectivity index (χ1) is 12.3. The monoisotopic (exact) mass is 336 g/mol. The average Bonchev–Trinajstić information content (AvgIpc) is 3.02. The largest absolute Gasteiger partial charge is 0.497 e. The van der Waals surface area contributed by atoms with Gasteiger partial charge in [0.05, 0.1) is 13.2 Å². The Morgan fingerprint density at radius 3 is 2.88 bits per heavy atom. The summed E-state index contributed by atoms with van der Waals surface area (Å²) in [6, 6.07) is 6.45. The molecule has 1 unspecified atom stereocenters. The number of aromatic amines is 1. The number of aromatic nitrogens is 3. The van der Waals surface area contributed by atoms with Crippen LogP contribution in [0.1, 0.15) is 49.0 Å². The van der Waals surface area contributed by atoms with Crippen LogP contribution in [0.25, 0.3) is 10.9 Å². The molecule has 2 aromatic heterocycles. The minimum atomic E-state index is 0.221. The lowest BCUT2D eigenvalue weighted by atomic mass is 9.92. The standard InChI is InChI=1S/C20H24N4O/c1-3-5-13-11-21-20(22-12-13)24-18-7-4-6-15-16-10-14(25-2)8-9-17(16)23-19(15)18/h8-12,18,23H,3-7H2,1-2H3,(H,21,22,24). The van der Waals surface area contributed by atoms with Crippen LogP contribution in [0, 0.1) is 0 Å². The van der Waals surface area contributed by atoms with Crippen molar-refractivity contribution in [3.05, 3.63) is 47.4 Å². The van der Waals surface area contributed by atoms with Gasteiger partial charge in [0.25, 0.3) is 0 Å². The molecule has 0 fully saturated rings. The van der Waals surface area contributed by atoms with Gasteiger partial charge in [-0.3, -0.25) is 0 Å². The number of hydrogen-bond acceptors (Lipinski definition) is 4. The molecular formula is C20H24N4O. The molecule has 0 radical (unpaired) electrons. The number of fused-ring (bicyclic) bond motifs is 3. The zero-order valence-corrected chi connectivity index (χ0v) is 14.8. The van der Waals surface area contributed by atoms with Gasteiger partial charge in [-0.2, -0.15) is 0 Å². The molecule has 5 heteroatoms. The quantitative estimate of drug-likeness (QED) is 0.724. The Kier molecular flexibility index (Phi) is 4.30. The second kappa shape index (κ2) is 6.75. The summed E-state index contributed by atoms with van der Waals surface area (Å²) in [4.78, 5) is 12.6. The van der Waals surface area contributed by atoms with E-state index >= 15 is 0 Å². The molecule has 0 saturated carbocycles. The van der Waals surface area contributed by atoms with Crippen LogP contribution in [0.15, 0.2) is 30.6 Å². The zero-order chi connectivity index (χ0) is 17.2. The Morgan fingerprint density at radius 1 is 1.28 bits per heavy atom. The lowest BCUT2D eigenvalue weighted by molar-refractivity contribution is 0.415.